The van der Waals surface area contributed by atoms with E-state index in [1.54, 1.807) is 4.68 Å². The second-order valence-electron chi connectivity index (χ2n) is 7.57. The van der Waals surface area contributed by atoms with E-state index in [1.165, 1.54) is 44.7 Å². The van der Waals surface area contributed by atoms with Gasteiger partial charge < -0.3 is 5.73 Å². The highest BCUT2D eigenvalue weighted by Crippen LogP contribution is 2.63. The number of hydrogen-bond donors (Lipinski definition) is 1. The molecule has 5 rings (SSSR count). The molecule has 1 unspecified atom stereocenters. The van der Waals surface area contributed by atoms with E-state index in [0.29, 0.717) is 0 Å². The van der Waals surface area contributed by atoms with Crippen LogP contribution in [0.1, 0.15) is 51.5 Å². The summed E-state index contributed by atoms with van der Waals surface area (Å²) in [5.41, 5.74) is 6.17. The van der Waals surface area contributed by atoms with Gasteiger partial charge in [-0.25, -0.2) is 4.68 Å². The Balaban J connectivity index is 1.68. The predicted octanol–water partition coefficient (Wildman–Crippen LogP) is 3.15. The molecule has 0 saturated heterocycles. The van der Waals surface area contributed by atoms with Gasteiger partial charge in [-0.1, -0.05) is 0 Å². The second-order valence-corrected chi connectivity index (χ2v) is 7.57. The van der Waals surface area contributed by atoms with Gasteiger partial charge >= 0.3 is 5.69 Å². The largest absolute Gasteiger partial charge is 0.378 e. The van der Waals surface area contributed by atoms with Crippen LogP contribution in [0.5, 0.6) is 0 Å². The molecule has 4 aliphatic rings. The molecule has 0 amide bonds. The van der Waals surface area contributed by atoms with E-state index in [2.05, 4.69) is 12.0 Å². The third-order valence-corrected chi connectivity index (χ3v) is 6.35. The average molecular weight is 290 g/mol. The van der Waals surface area contributed by atoms with Crippen LogP contribution < -0.4 is 5.73 Å². The minimum atomic E-state index is -0.439. The maximum Gasteiger partial charge on any atom is 0.330 e. The molecule has 4 bridgehead atoms. The van der Waals surface area contributed by atoms with Crippen molar-refractivity contribution in [2.24, 2.45) is 23.2 Å². The zero-order valence-corrected chi connectivity index (χ0v) is 12.4. The molecule has 4 fully saturated rings. The van der Waals surface area contributed by atoms with Crippen molar-refractivity contribution < 1.29 is 4.92 Å². The van der Waals surface area contributed by atoms with E-state index < -0.39 is 4.92 Å². The van der Waals surface area contributed by atoms with Crippen molar-refractivity contribution in [3.63, 3.8) is 0 Å². The monoisotopic (exact) mass is 290 g/mol. The molecule has 1 heterocycles. The Kier molecular flexibility index (Phi) is 2.63. The van der Waals surface area contributed by atoms with Gasteiger partial charge in [0.15, 0.2) is 0 Å². The Morgan fingerprint density at radius 2 is 1.86 bits per heavy atom. The van der Waals surface area contributed by atoms with Gasteiger partial charge in [0.2, 0.25) is 5.82 Å². The average Bonchev–Trinajstić information content (AvgIpc) is 2.78. The van der Waals surface area contributed by atoms with Crippen LogP contribution in [-0.4, -0.2) is 14.7 Å². The minimum absolute atomic E-state index is 0.0634. The predicted molar refractivity (Wildman–Crippen MR) is 78.6 cm³/mol. The molecule has 114 valence electrons. The Bertz CT molecular complexity index is 559. The number of aromatic nitrogens is 2. The highest BCUT2D eigenvalue weighted by molar-refractivity contribution is 5.51. The first-order valence-electron chi connectivity index (χ1n) is 7.96. The lowest BCUT2D eigenvalue weighted by atomic mass is 9.48. The summed E-state index contributed by atoms with van der Waals surface area (Å²) in [5, 5.41) is 15.2. The number of nitrogens with zero attached hydrogens (tertiary/aromatic N) is 3. The van der Waals surface area contributed by atoms with E-state index in [1.807, 2.05) is 0 Å². The van der Waals surface area contributed by atoms with E-state index in [-0.39, 0.29) is 23.0 Å². The summed E-state index contributed by atoms with van der Waals surface area (Å²) < 4.78 is 1.71. The summed E-state index contributed by atoms with van der Waals surface area (Å²) in [4.78, 5) is 10.5. The molecule has 1 aromatic rings. The maximum absolute atomic E-state index is 11.0. The zero-order valence-electron chi connectivity index (χ0n) is 12.4. The molecular formula is C15H22N4O2. The molecule has 4 saturated carbocycles. The van der Waals surface area contributed by atoms with Gasteiger partial charge in [-0.3, -0.25) is 10.1 Å². The Labute approximate surface area is 123 Å². The molecule has 0 aliphatic heterocycles. The van der Waals surface area contributed by atoms with Gasteiger partial charge in [0.25, 0.3) is 0 Å². The van der Waals surface area contributed by atoms with Crippen LogP contribution in [0.3, 0.4) is 0 Å². The first-order valence-corrected chi connectivity index (χ1v) is 7.96. The fourth-order valence-electron chi connectivity index (χ4n) is 5.76. The standard InChI is InChI=1S/C15H22N4O2/c1-9(18-14(16)13(8-17-18)19(20)21)15-5-10-2-11(6-15)4-12(3-10)7-15/h8-12H,2-7,16H2,1H3. The van der Waals surface area contributed by atoms with Gasteiger partial charge in [-0.2, -0.15) is 5.10 Å². The zero-order chi connectivity index (χ0) is 14.8. The molecule has 0 radical (unpaired) electrons. The highest BCUT2D eigenvalue weighted by atomic mass is 16.6. The van der Waals surface area contributed by atoms with Crippen molar-refractivity contribution in [3.05, 3.63) is 16.3 Å². The lowest BCUT2D eigenvalue weighted by Gasteiger charge is -2.58. The van der Waals surface area contributed by atoms with Crippen LogP contribution >= 0.6 is 0 Å². The topological polar surface area (TPSA) is 87.0 Å². The number of rotatable bonds is 3. The van der Waals surface area contributed by atoms with Crippen molar-refractivity contribution >= 4 is 11.5 Å². The van der Waals surface area contributed by atoms with Crippen LogP contribution in [0.15, 0.2) is 6.20 Å². The maximum atomic E-state index is 11.0. The van der Waals surface area contributed by atoms with Crippen molar-refractivity contribution in [3.8, 4) is 0 Å². The first-order chi connectivity index (χ1) is 9.98. The molecule has 0 aromatic carbocycles. The van der Waals surface area contributed by atoms with Crippen LogP contribution in [0.2, 0.25) is 0 Å². The summed E-state index contributed by atoms with van der Waals surface area (Å²) >= 11 is 0. The number of nitro groups is 1. The molecule has 0 spiro atoms. The summed E-state index contributed by atoms with van der Waals surface area (Å²) in [6.45, 7) is 2.15. The van der Waals surface area contributed by atoms with Gasteiger partial charge in [0.1, 0.15) is 6.20 Å². The molecule has 6 nitrogen and oxygen atoms in total. The number of nitrogens with two attached hydrogens (primary N) is 1. The van der Waals surface area contributed by atoms with Gasteiger partial charge in [0.05, 0.1) is 11.0 Å². The summed E-state index contributed by atoms with van der Waals surface area (Å²) in [5.74, 6) is 2.77. The first kappa shape index (κ1) is 13.1. The SMILES string of the molecule is CC(n1ncc([N+](=O)[O-])c1N)C12CC3CC(CC(C3)C1)C2. The minimum Gasteiger partial charge on any atom is -0.378 e. The number of anilines is 1. The fraction of sp³-hybridized carbons (Fsp3) is 0.800. The lowest BCUT2D eigenvalue weighted by Crippen LogP contribution is -2.49. The van der Waals surface area contributed by atoms with E-state index in [0.717, 1.165) is 17.8 Å². The highest BCUT2D eigenvalue weighted by Gasteiger charge is 2.54. The van der Waals surface area contributed by atoms with Crippen molar-refractivity contribution in [2.45, 2.75) is 51.5 Å². The Morgan fingerprint density at radius 3 is 2.29 bits per heavy atom. The summed E-state index contributed by atoms with van der Waals surface area (Å²) in [6, 6.07) is 0.152. The summed E-state index contributed by atoms with van der Waals surface area (Å²) in [7, 11) is 0. The van der Waals surface area contributed by atoms with Crippen LogP contribution in [0.4, 0.5) is 11.5 Å². The second kappa shape index (κ2) is 4.21. The molecule has 1 aromatic heterocycles. The van der Waals surface area contributed by atoms with Crippen molar-refractivity contribution in [2.75, 3.05) is 5.73 Å². The van der Waals surface area contributed by atoms with Crippen LogP contribution in [0.25, 0.3) is 0 Å². The molecular weight excluding hydrogens is 268 g/mol. The van der Waals surface area contributed by atoms with E-state index in [9.17, 15) is 10.1 Å². The Hall–Kier alpha value is -1.59. The third-order valence-electron chi connectivity index (χ3n) is 6.35. The molecule has 21 heavy (non-hydrogen) atoms. The Morgan fingerprint density at radius 1 is 1.33 bits per heavy atom. The van der Waals surface area contributed by atoms with Crippen molar-refractivity contribution in [1.82, 2.24) is 9.78 Å². The third kappa shape index (κ3) is 1.80. The van der Waals surface area contributed by atoms with Gasteiger partial charge in [-0.15, -0.1) is 0 Å². The molecule has 4 aliphatic carbocycles. The fourth-order valence-corrected chi connectivity index (χ4v) is 5.76. The quantitative estimate of drug-likeness (QED) is 0.684. The van der Waals surface area contributed by atoms with Gasteiger partial charge in [0, 0.05) is 0 Å². The van der Waals surface area contributed by atoms with Crippen LogP contribution in [0, 0.1) is 33.3 Å². The van der Waals surface area contributed by atoms with Gasteiger partial charge in [-0.05, 0) is 68.6 Å². The molecule has 1 atom stereocenters. The van der Waals surface area contributed by atoms with Crippen LogP contribution in [-0.2, 0) is 0 Å². The number of nitrogen functional groups attached to an aromatic ring is 1. The molecule has 2 N–H and O–H groups in total. The summed E-state index contributed by atoms with van der Waals surface area (Å²) in [6.07, 6.45) is 9.20. The van der Waals surface area contributed by atoms with Crippen molar-refractivity contribution in [1.29, 1.82) is 0 Å². The molecule has 6 heteroatoms. The van der Waals surface area contributed by atoms with E-state index in [4.69, 9.17) is 5.73 Å². The normalized spacial score (nSPS) is 38.6. The lowest BCUT2D eigenvalue weighted by molar-refractivity contribution is -0.384. The number of hydrogen-bond acceptors (Lipinski definition) is 4. The smallest absolute Gasteiger partial charge is 0.330 e. The van der Waals surface area contributed by atoms with E-state index >= 15 is 0 Å².